The maximum atomic E-state index is 13.7. The van der Waals surface area contributed by atoms with Crippen molar-refractivity contribution in [2.24, 2.45) is 0 Å². The summed E-state index contributed by atoms with van der Waals surface area (Å²) in [7, 11) is 0. The van der Waals surface area contributed by atoms with E-state index in [4.69, 9.17) is 11.1 Å². The molecule has 16 heavy (non-hydrogen) atoms. The lowest BCUT2D eigenvalue weighted by molar-refractivity contribution is 0.231. The summed E-state index contributed by atoms with van der Waals surface area (Å²) >= 11 is 0. The fraction of sp³-hybridized carbons (Fsp3) is 0.417. The van der Waals surface area contributed by atoms with Gasteiger partial charge >= 0.3 is 0 Å². The molecular formula is C12H16FN3. The zero-order chi connectivity index (χ0) is 11.5. The number of hydrogen-bond donors (Lipinski definition) is 3. The van der Waals surface area contributed by atoms with Crippen LogP contribution in [-0.2, 0) is 0 Å². The number of nitrogens with two attached hydrogens (primary N) is 1. The number of rotatable bonds is 2. The molecule has 1 aromatic carbocycles. The third kappa shape index (κ3) is 2.07. The molecule has 3 nitrogen and oxygen atoms in total. The van der Waals surface area contributed by atoms with Gasteiger partial charge in [-0.25, -0.2) is 4.39 Å². The van der Waals surface area contributed by atoms with E-state index in [-0.39, 0.29) is 5.92 Å². The number of benzene rings is 1. The third-order valence-electron chi connectivity index (χ3n) is 3.10. The predicted octanol–water partition coefficient (Wildman–Crippen LogP) is 1.68. The van der Waals surface area contributed by atoms with Gasteiger partial charge in [0.25, 0.3) is 0 Å². The van der Waals surface area contributed by atoms with Gasteiger partial charge in [0.15, 0.2) is 0 Å². The molecule has 2 rings (SSSR count). The molecule has 0 amide bonds. The Morgan fingerprint density at radius 2 is 2.31 bits per heavy atom. The highest BCUT2D eigenvalue weighted by molar-refractivity contribution is 5.85. The molecule has 1 aliphatic heterocycles. The first kappa shape index (κ1) is 11.1. The highest BCUT2D eigenvalue weighted by atomic mass is 19.1. The lowest BCUT2D eigenvalue weighted by atomic mass is 9.88. The van der Waals surface area contributed by atoms with Gasteiger partial charge < -0.3 is 16.5 Å². The Balaban J connectivity index is 2.26. The minimum absolute atomic E-state index is 0.0664. The number of nitrogens with one attached hydrogen (secondary N) is 2. The van der Waals surface area contributed by atoms with Crippen LogP contribution in [0.4, 0.5) is 10.1 Å². The van der Waals surface area contributed by atoms with Crippen LogP contribution >= 0.6 is 0 Å². The van der Waals surface area contributed by atoms with E-state index in [1.807, 2.05) is 6.07 Å². The second-order valence-corrected chi connectivity index (χ2v) is 4.15. The van der Waals surface area contributed by atoms with Crippen LogP contribution in [0.2, 0.25) is 0 Å². The van der Waals surface area contributed by atoms with Gasteiger partial charge in [0.1, 0.15) is 6.17 Å². The van der Waals surface area contributed by atoms with Gasteiger partial charge in [-0.1, -0.05) is 12.1 Å². The minimum atomic E-state index is -0.848. The number of anilines is 1. The lowest BCUT2D eigenvalue weighted by Gasteiger charge is -2.27. The van der Waals surface area contributed by atoms with E-state index in [1.165, 1.54) is 6.21 Å². The molecule has 0 spiro atoms. The second kappa shape index (κ2) is 4.61. The molecule has 1 aliphatic rings. The molecule has 1 aromatic rings. The van der Waals surface area contributed by atoms with Crippen molar-refractivity contribution < 1.29 is 4.39 Å². The Labute approximate surface area is 94.4 Å². The summed E-state index contributed by atoms with van der Waals surface area (Å²) in [6.07, 6.45) is 1.16. The number of piperidine rings is 1. The first-order valence-corrected chi connectivity index (χ1v) is 5.47. The van der Waals surface area contributed by atoms with E-state index in [0.29, 0.717) is 17.8 Å². The second-order valence-electron chi connectivity index (χ2n) is 4.15. The van der Waals surface area contributed by atoms with Crippen LogP contribution in [0.15, 0.2) is 18.2 Å². The fourth-order valence-corrected chi connectivity index (χ4v) is 2.15. The Hall–Kier alpha value is -1.42. The highest BCUT2D eigenvalue weighted by Crippen LogP contribution is 2.29. The molecule has 4 heteroatoms. The Morgan fingerprint density at radius 3 is 2.94 bits per heavy atom. The van der Waals surface area contributed by atoms with Gasteiger partial charge in [-0.2, -0.15) is 0 Å². The van der Waals surface area contributed by atoms with Crippen LogP contribution in [-0.4, -0.2) is 25.5 Å². The van der Waals surface area contributed by atoms with E-state index in [1.54, 1.807) is 12.1 Å². The van der Waals surface area contributed by atoms with Crippen LogP contribution in [0.25, 0.3) is 0 Å². The number of alkyl halides is 1. The van der Waals surface area contributed by atoms with Crippen LogP contribution in [0.1, 0.15) is 23.5 Å². The van der Waals surface area contributed by atoms with Crippen LogP contribution in [0.5, 0.6) is 0 Å². The van der Waals surface area contributed by atoms with Crippen molar-refractivity contribution in [1.82, 2.24) is 5.32 Å². The van der Waals surface area contributed by atoms with Crippen molar-refractivity contribution in [3.63, 3.8) is 0 Å². The van der Waals surface area contributed by atoms with Gasteiger partial charge in [0, 0.05) is 29.9 Å². The molecule has 2 unspecified atom stereocenters. The van der Waals surface area contributed by atoms with Crippen LogP contribution in [0.3, 0.4) is 0 Å². The summed E-state index contributed by atoms with van der Waals surface area (Å²) in [6, 6.07) is 5.45. The largest absolute Gasteiger partial charge is 0.398 e. The molecule has 0 aromatic heterocycles. The van der Waals surface area contributed by atoms with E-state index >= 15 is 0 Å². The Bertz CT molecular complexity index is 392. The molecular weight excluding hydrogens is 205 g/mol. The number of hydrogen-bond acceptors (Lipinski definition) is 3. The quantitative estimate of drug-likeness (QED) is 0.525. The molecule has 0 saturated carbocycles. The summed E-state index contributed by atoms with van der Waals surface area (Å²) in [4.78, 5) is 0. The standard InChI is InChI=1S/C12H16FN3/c13-11-7-16-4-3-10(11)8-1-2-9(6-14)12(15)5-8/h1-2,5-6,10-11,14,16H,3-4,7,15H2. The summed E-state index contributed by atoms with van der Waals surface area (Å²) in [5.74, 6) is -0.0664. The van der Waals surface area contributed by atoms with Gasteiger partial charge in [-0.05, 0) is 24.6 Å². The van der Waals surface area contributed by atoms with Crippen molar-refractivity contribution in [3.8, 4) is 0 Å². The van der Waals surface area contributed by atoms with Crippen molar-refractivity contribution in [1.29, 1.82) is 5.41 Å². The lowest BCUT2D eigenvalue weighted by Crippen LogP contribution is -2.36. The first-order chi connectivity index (χ1) is 7.72. The summed E-state index contributed by atoms with van der Waals surface area (Å²) in [5, 5.41) is 10.2. The first-order valence-electron chi connectivity index (χ1n) is 5.47. The predicted molar refractivity (Wildman–Crippen MR) is 63.9 cm³/mol. The molecule has 0 aliphatic carbocycles. The van der Waals surface area contributed by atoms with Crippen molar-refractivity contribution >= 4 is 11.9 Å². The molecule has 0 bridgehead atoms. The Morgan fingerprint density at radius 1 is 1.50 bits per heavy atom. The van der Waals surface area contributed by atoms with Gasteiger partial charge in [-0.15, -0.1) is 0 Å². The van der Waals surface area contributed by atoms with Gasteiger partial charge in [-0.3, -0.25) is 0 Å². The molecule has 86 valence electrons. The highest BCUT2D eigenvalue weighted by Gasteiger charge is 2.26. The monoisotopic (exact) mass is 221 g/mol. The summed E-state index contributed by atoms with van der Waals surface area (Å²) in [6.45, 7) is 1.26. The van der Waals surface area contributed by atoms with Crippen molar-refractivity contribution in [2.75, 3.05) is 18.8 Å². The molecule has 4 N–H and O–H groups in total. The maximum Gasteiger partial charge on any atom is 0.119 e. The van der Waals surface area contributed by atoms with Crippen LogP contribution < -0.4 is 11.1 Å². The summed E-state index contributed by atoms with van der Waals surface area (Å²) < 4.78 is 13.7. The molecule has 0 radical (unpaired) electrons. The van der Waals surface area contributed by atoms with Crippen molar-refractivity contribution in [2.45, 2.75) is 18.5 Å². The van der Waals surface area contributed by atoms with Crippen LogP contribution in [0, 0.1) is 5.41 Å². The average Bonchev–Trinajstić information content (AvgIpc) is 2.29. The van der Waals surface area contributed by atoms with E-state index in [0.717, 1.165) is 18.5 Å². The molecule has 1 fully saturated rings. The average molecular weight is 221 g/mol. The topological polar surface area (TPSA) is 61.9 Å². The molecule has 2 atom stereocenters. The minimum Gasteiger partial charge on any atom is -0.398 e. The smallest absolute Gasteiger partial charge is 0.119 e. The summed E-state index contributed by atoms with van der Waals surface area (Å²) in [5.41, 5.74) is 7.98. The van der Waals surface area contributed by atoms with Crippen molar-refractivity contribution in [3.05, 3.63) is 29.3 Å². The number of nitrogen functional groups attached to an aromatic ring is 1. The fourth-order valence-electron chi connectivity index (χ4n) is 2.15. The zero-order valence-electron chi connectivity index (χ0n) is 9.04. The van der Waals surface area contributed by atoms with E-state index in [2.05, 4.69) is 5.32 Å². The normalized spacial score (nSPS) is 25.3. The SMILES string of the molecule is N=Cc1ccc(C2CCNCC2F)cc1N. The zero-order valence-corrected chi connectivity index (χ0v) is 9.04. The maximum absolute atomic E-state index is 13.7. The Kier molecular flexibility index (Phi) is 3.19. The molecule has 1 saturated heterocycles. The third-order valence-corrected chi connectivity index (χ3v) is 3.10. The van der Waals surface area contributed by atoms with Gasteiger partial charge in [0.05, 0.1) is 0 Å². The van der Waals surface area contributed by atoms with Gasteiger partial charge in [0.2, 0.25) is 0 Å². The molecule has 1 heterocycles. The van der Waals surface area contributed by atoms with E-state index in [9.17, 15) is 4.39 Å². The van der Waals surface area contributed by atoms with E-state index < -0.39 is 6.17 Å². The number of halogens is 1.